The molecule has 0 unspecified atom stereocenters. The first kappa shape index (κ1) is 12.6. The van der Waals surface area contributed by atoms with Crippen LogP contribution in [0.15, 0.2) is 36.4 Å². The van der Waals surface area contributed by atoms with E-state index in [2.05, 4.69) is 28.8 Å². The van der Waals surface area contributed by atoms with Crippen LogP contribution in [-0.4, -0.2) is 6.54 Å². The van der Waals surface area contributed by atoms with Crippen LogP contribution in [0.2, 0.25) is 10.0 Å². The highest BCUT2D eigenvalue weighted by molar-refractivity contribution is 6.36. The van der Waals surface area contributed by atoms with Gasteiger partial charge in [0.05, 0.1) is 0 Å². The molecule has 1 aliphatic heterocycles. The summed E-state index contributed by atoms with van der Waals surface area (Å²) in [6, 6.07) is 12.0. The number of anilines is 2. The molecule has 0 aliphatic carbocycles. The van der Waals surface area contributed by atoms with Crippen molar-refractivity contribution in [2.45, 2.75) is 13.0 Å². The fraction of sp³-hybridized carbons (Fsp3) is 0.200. The lowest BCUT2D eigenvalue weighted by atomic mass is 10.1. The molecule has 0 saturated carbocycles. The van der Waals surface area contributed by atoms with E-state index in [4.69, 9.17) is 23.2 Å². The van der Waals surface area contributed by atoms with Crippen molar-refractivity contribution in [3.8, 4) is 0 Å². The predicted octanol–water partition coefficient (Wildman–Crippen LogP) is 4.57. The molecule has 0 aromatic heterocycles. The summed E-state index contributed by atoms with van der Waals surface area (Å²) in [6.45, 7) is 1.65. The summed E-state index contributed by atoms with van der Waals surface area (Å²) in [5.41, 5.74) is 4.60. The van der Waals surface area contributed by atoms with Crippen LogP contribution < -0.4 is 10.6 Å². The minimum Gasteiger partial charge on any atom is -0.384 e. The van der Waals surface area contributed by atoms with E-state index in [1.165, 1.54) is 11.3 Å². The monoisotopic (exact) mass is 292 g/mol. The zero-order valence-electron chi connectivity index (χ0n) is 10.3. The molecule has 2 nitrogen and oxygen atoms in total. The summed E-state index contributed by atoms with van der Waals surface area (Å²) in [5, 5.41) is 8.12. The van der Waals surface area contributed by atoms with E-state index >= 15 is 0 Å². The fourth-order valence-electron chi connectivity index (χ4n) is 2.29. The summed E-state index contributed by atoms with van der Waals surface area (Å²) in [4.78, 5) is 0. The molecule has 0 atom stereocenters. The van der Waals surface area contributed by atoms with Gasteiger partial charge in [0, 0.05) is 40.1 Å². The van der Waals surface area contributed by atoms with Gasteiger partial charge in [0.25, 0.3) is 0 Å². The fourth-order valence-corrected chi connectivity index (χ4v) is 2.82. The number of benzene rings is 2. The molecule has 0 fully saturated rings. The van der Waals surface area contributed by atoms with Crippen LogP contribution in [0.1, 0.15) is 11.1 Å². The third kappa shape index (κ3) is 2.65. The van der Waals surface area contributed by atoms with E-state index in [-0.39, 0.29) is 0 Å². The number of nitrogens with one attached hydrogen (secondary N) is 2. The van der Waals surface area contributed by atoms with Crippen molar-refractivity contribution in [2.24, 2.45) is 0 Å². The highest BCUT2D eigenvalue weighted by Crippen LogP contribution is 2.28. The smallest absolute Gasteiger partial charge is 0.0470 e. The molecule has 4 heteroatoms. The summed E-state index contributed by atoms with van der Waals surface area (Å²) in [6.07, 6.45) is 1.10. The van der Waals surface area contributed by atoms with Crippen molar-refractivity contribution in [3.05, 3.63) is 57.6 Å². The predicted molar refractivity (Wildman–Crippen MR) is 82.4 cm³/mol. The number of hydrogen-bond donors (Lipinski definition) is 2. The first-order valence-corrected chi connectivity index (χ1v) is 7.03. The van der Waals surface area contributed by atoms with Gasteiger partial charge in [-0.1, -0.05) is 35.3 Å². The topological polar surface area (TPSA) is 24.1 Å². The average Bonchev–Trinajstić information content (AvgIpc) is 2.85. The lowest BCUT2D eigenvalue weighted by molar-refractivity contribution is 1.11. The summed E-state index contributed by atoms with van der Waals surface area (Å²) >= 11 is 12.3. The molecular weight excluding hydrogens is 279 g/mol. The van der Waals surface area contributed by atoms with Crippen LogP contribution in [0.3, 0.4) is 0 Å². The Labute approximate surface area is 122 Å². The Morgan fingerprint density at radius 2 is 1.89 bits per heavy atom. The van der Waals surface area contributed by atoms with Gasteiger partial charge >= 0.3 is 0 Å². The molecular formula is C15H14Cl2N2. The Kier molecular flexibility index (Phi) is 3.54. The highest BCUT2D eigenvalue weighted by atomic mass is 35.5. The molecule has 0 bridgehead atoms. The number of hydrogen-bond acceptors (Lipinski definition) is 2. The third-order valence-electron chi connectivity index (χ3n) is 3.35. The highest BCUT2D eigenvalue weighted by Gasteiger charge is 2.10. The normalized spacial score (nSPS) is 12.9. The molecule has 0 radical (unpaired) electrons. The molecule has 2 N–H and O–H groups in total. The van der Waals surface area contributed by atoms with Gasteiger partial charge in [-0.25, -0.2) is 0 Å². The van der Waals surface area contributed by atoms with Gasteiger partial charge < -0.3 is 10.6 Å². The number of halogens is 2. The molecule has 3 rings (SSSR count). The van der Waals surface area contributed by atoms with E-state index < -0.39 is 0 Å². The zero-order chi connectivity index (χ0) is 13.2. The Morgan fingerprint density at radius 3 is 2.68 bits per heavy atom. The number of rotatable bonds is 3. The molecule has 19 heavy (non-hydrogen) atoms. The maximum atomic E-state index is 6.15. The lowest BCUT2D eigenvalue weighted by Gasteiger charge is -2.11. The molecule has 1 aliphatic rings. The molecule has 0 spiro atoms. The second-order valence-corrected chi connectivity index (χ2v) is 5.42. The van der Waals surface area contributed by atoms with Crippen molar-refractivity contribution in [1.82, 2.24) is 0 Å². The maximum Gasteiger partial charge on any atom is 0.0470 e. The second-order valence-electron chi connectivity index (χ2n) is 4.60. The van der Waals surface area contributed by atoms with E-state index in [9.17, 15) is 0 Å². The van der Waals surface area contributed by atoms with Gasteiger partial charge in [0.15, 0.2) is 0 Å². The van der Waals surface area contributed by atoms with Crippen LogP contribution in [-0.2, 0) is 13.0 Å². The summed E-state index contributed by atoms with van der Waals surface area (Å²) in [5.74, 6) is 0. The maximum absolute atomic E-state index is 6.15. The van der Waals surface area contributed by atoms with Crippen molar-refractivity contribution in [1.29, 1.82) is 0 Å². The van der Waals surface area contributed by atoms with Crippen molar-refractivity contribution in [3.63, 3.8) is 0 Å². The minimum absolute atomic E-state index is 0.622. The second kappa shape index (κ2) is 5.32. The molecule has 0 amide bonds. The van der Waals surface area contributed by atoms with Gasteiger partial charge in [0.2, 0.25) is 0 Å². The van der Waals surface area contributed by atoms with Gasteiger partial charge in [-0.05, 0) is 36.2 Å². The van der Waals surface area contributed by atoms with Crippen LogP contribution in [0, 0.1) is 0 Å². The SMILES string of the molecule is Clc1cccc(Cl)c1CNc1ccc2c(c1)NCC2. The zero-order valence-corrected chi connectivity index (χ0v) is 11.9. The van der Waals surface area contributed by atoms with Crippen LogP contribution in [0.5, 0.6) is 0 Å². The van der Waals surface area contributed by atoms with Crippen molar-refractivity contribution >= 4 is 34.6 Å². The number of fused-ring (bicyclic) bond motifs is 1. The van der Waals surface area contributed by atoms with E-state index in [1.807, 2.05) is 18.2 Å². The quantitative estimate of drug-likeness (QED) is 0.866. The van der Waals surface area contributed by atoms with E-state index in [0.29, 0.717) is 16.6 Å². The van der Waals surface area contributed by atoms with Gasteiger partial charge in [-0.15, -0.1) is 0 Å². The third-order valence-corrected chi connectivity index (χ3v) is 4.06. The van der Waals surface area contributed by atoms with Crippen LogP contribution in [0.25, 0.3) is 0 Å². The van der Waals surface area contributed by atoms with E-state index in [0.717, 1.165) is 24.2 Å². The first-order chi connectivity index (χ1) is 9.24. The largest absolute Gasteiger partial charge is 0.384 e. The Morgan fingerprint density at radius 1 is 1.11 bits per heavy atom. The van der Waals surface area contributed by atoms with Gasteiger partial charge in [-0.2, -0.15) is 0 Å². The van der Waals surface area contributed by atoms with Crippen molar-refractivity contribution in [2.75, 3.05) is 17.2 Å². The lowest BCUT2D eigenvalue weighted by Crippen LogP contribution is -2.01. The van der Waals surface area contributed by atoms with Crippen LogP contribution >= 0.6 is 23.2 Å². The van der Waals surface area contributed by atoms with Crippen LogP contribution in [0.4, 0.5) is 11.4 Å². The molecule has 1 heterocycles. The molecule has 2 aromatic rings. The van der Waals surface area contributed by atoms with Gasteiger partial charge in [0.1, 0.15) is 0 Å². The average molecular weight is 293 g/mol. The minimum atomic E-state index is 0.622. The first-order valence-electron chi connectivity index (χ1n) is 6.27. The molecule has 0 saturated heterocycles. The summed E-state index contributed by atoms with van der Waals surface area (Å²) < 4.78 is 0. The Balaban J connectivity index is 1.76. The summed E-state index contributed by atoms with van der Waals surface area (Å²) in [7, 11) is 0. The molecule has 2 aromatic carbocycles. The van der Waals surface area contributed by atoms with Gasteiger partial charge in [-0.3, -0.25) is 0 Å². The van der Waals surface area contributed by atoms with E-state index in [1.54, 1.807) is 0 Å². The Hall–Kier alpha value is -1.38. The Bertz CT molecular complexity index is 591. The standard InChI is InChI=1S/C15H14Cl2N2/c16-13-2-1-3-14(17)12(13)9-19-11-5-4-10-6-7-18-15(10)8-11/h1-5,8,18-19H,6-7,9H2. The van der Waals surface area contributed by atoms with Crippen molar-refractivity contribution < 1.29 is 0 Å². The molecule has 98 valence electrons.